The lowest BCUT2D eigenvalue weighted by molar-refractivity contribution is -0.166. The summed E-state index contributed by atoms with van der Waals surface area (Å²) in [6.07, 6.45) is 54.6. The minimum Gasteiger partial charge on any atom is -0.462 e. The molecule has 312 valence electrons. The van der Waals surface area contributed by atoms with E-state index in [0.717, 1.165) is 103 Å². The zero-order chi connectivity index (χ0) is 40.1. The molecule has 0 aliphatic rings. The third-order valence-electron chi connectivity index (χ3n) is 8.95. The normalized spacial score (nSPS) is 12.9. The van der Waals surface area contributed by atoms with Crippen LogP contribution in [0.4, 0.5) is 0 Å². The van der Waals surface area contributed by atoms with Gasteiger partial charge in [0.15, 0.2) is 6.10 Å². The van der Waals surface area contributed by atoms with Crippen LogP contribution in [0.25, 0.3) is 0 Å². The number of hydrogen-bond donors (Lipinski definition) is 0. The Kier molecular flexibility index (Phi) is 40.6. The van der Waals surface area contributed by atoms with E-state index >= 15 is 0 Å². The van der Waals surface area contributed by atoms with Gasteiger partial charge in [-0.15, -0.1) is 0 Å². The van der Waals surface area contributed by atoms with Gasteiger partial charge in [-0.25, -0.2) is 0 Å². The highest BCUT2D eigenvalue weighted by atomic mass is 16.6. The van der Waals surface area contributed by atoms with Crippen LogP contribution in [0.2, 0.25) is 0 Å². The number of allylic oxidation sites excluding steroid dienone is 13. The third kappa shape index (κ3) is 41.6. The van der Waals surface area contributed by atoms with E-state index in [4.69, 9.17) is 14.2 Å². The molecule has 6 nitrogen and oxygen atoms in total. The van der Waals surface area contributed by atoms with Crippen LogP contribution in [0.15, 0.2) is 85.1 Å². The fraction of sp³-hybridized carbons (Fsp3) is 0.653. The Morgan fingerprint density at radius 1 is 0.418 bits per heavy atom. The Balaban J connectivity index is 4.44. The first-order chi connectivity index (χ1) is 27.0. The van der Waals surface area contributed by atoms with E-state index in [1.165, 1.54) is 44.9 Å². The minimum atomic E-state index is -0.823. The van der Waals surface area contributed by atoms with E-state index in [2.05, 4.69) is 93.7 Å². The van der Waals surface area contributed by atoms with Crippen molar-refractivity contribution in [3.63, 3.8) is 0 Å². The number of carbonyl (C=O) groups excluding carboxylic acids is 3. The summed E-state index contributed by atoms with van der Waals surface area (Å²) < 4.78 is 16.5. The van der Waals surface area contributed by atoms with Crippen LogP contribution in [-0.2, 0) is 28.6 Å². The van der Waals surface area contributed by atoms with E-state index in [1.54, 1.807) is 6.08 Å². The van der Waals surface area contributed by atoms with Crippen molar-refractivity contribution in [1.82, 2.24) is 0 Å². The van der Waals surface area contributed by atoms with Crippen molar-refractivity contribution in [1.29, 1.82) is 0 Å². The topological polar surface area (TPSA) is 78.9 Å². The second-order valence-electron chi connectivity index (χ2n) is 14.3. The standard InChI is InChI=1S/C49H80O6/c1-4-7-10-13-16-19-21-22-23-24-25-26-27-28-31-33-36-39-42-48(51)54-45-46(44-53-47(50)41-38-35-32-29-18-15-12-9-6-3)55-49(52)43-40-37-34-30-20-17-14-11-8-5-2/h9,12,14,17-18,21-26,29,35,38,46H,4-8,10-11,13,15-16,19-20,27-28,30-34,36-37,39-45H2,1-3H3/b12-9-,17-14-,22-21-,24-23-,26-25-,29-18-,38-35-. The van der Waals surface area contributed by atoms with E-state index in [1.807, 2.05) is 6.08 Å². The molecule has 0 radical (unpaired) electrons. The molecule has 6 heteroatoms. The average Bonchev–Trinajstić information content (AvgIpc) is 3.18. The summed E-state index contributed by atoms with van der Waals surface area (Å²) in [7, 11) is 0. The van der Waals surface area contributed by atoms with Crippen LogP contribution in [0.1, 0.15) is 188 Å². The molecule has 0 heterocycles. The number of hydrogen-bond acceptors (Lipinski definition) is 6. The number of unbranched alkanes of at least 4 members (excludes halogenated alkanes) is 16. The summed E-state index contributed by atoms with van der Waals surface area (Å²) in [5, 5.41) is 0. The molecule has 0 fully saturated rings. The average molecular weight is 765 g/mol. The van der Waals surface area contributed by atoms with Gasteiger partial charge >= 0.3 is 17.9 Å². The lowest BCUT2D eigenvalue weighted by atomic mass is 10.1. The lowest BCUT2D eigenvalue weighted by Crippen LogP contribution is -2.30. The maximum atomic E-state index is 12.6. The minimum absolute atomic E-state index is 0.120. The number of rotatable bonds is 38. The van der Waals surface area contributed by atoms with Crippen LogP contribution < -0.4 is 0 Å². The maximum absolute atomic E-state index is 12.6. The van der Waals surface area contributed by atoms with Gasteiger partial charge in [0.05, 0.1) is 6.42 Å². The smallest absolute Gasteiger partial charge is 0.309 e. The van der Waals surface area contributed by atoms with Crippen LogP contribution in [0, 0.1) is 0 Å². The van der Waals surface area contributed by atoms with Crippen molar-refractivity contribution in [2.45, 2.75) is 194 Å². The Labute approximate surface area is 337 Å². The highest BCUT2D eigenvalue weighted by molar-refractivity contribution is 5.72. The first-order valence-corrected chi connectivity index (χ1v) is 22.1. The molecule has 0 aromatic rings. The van der Waals surface area contributed by atoms with Gasteiger partial charge < -0.3 is 14.2 Å². The summed E-state index contributed by atoms with van der Waals surface area (Å²) in [4.78, 5) is 37.5. The maximum Gasteiger partial charge on any atom is 0.309 e. The number of esters is 3. The highest BCUT2D eigenvalue weighted by Gasteiger charge is 2.19. The van der Waals surface area contributed by atoms with Crippen molar-refractivity contribution in [3.8, 4) is 0 Å². The van der Waals surface area contributed by atoms with E-state index in [0.29, 0.717) is 12.8 Å². The third-order valence-corrected chi connectivity index (χ3v) is 8.95. The fourth-order valence-electron chi connectivity index (χ4n) is 5.60. The molecular formula is C49H80O6. The first kappa shape index (κ1) is 51.6. The lowest BCUT2D eigenvalue weighted by Gasteiger charge is -2.18. The number of carbonyl (C=O) groups is 3. The fourth-order valence-corrected chi connectivity index (χ4v) is 5.60. The summed E-state index contributed by atoms with van der Waals surface area (Å²) in [6.45, 7) is 6.30. The van der Waals surface area contributed by atoms with Gasteiger partial charge in [0.2, 0.25) is 0 Å². The van der Waals surface area contributed by atoms with Gasteiger partial charge in [-0.3, -0.25) is 14.4 Å². The van der Waals surface area contributed by atoms with Gasteiger partial charge in [0.25, 0.3) is 0 Å². The van der Waals surface area contributed by atoms with Gasteiger partial charge in [0, 0.05) is 12.8 Å². The molecule has 0 aromatic carbocycles. The predicted molar refractivity (Wildman–Crippen MR) is 233 cm³/mol. The first-order valence-electron chi connectivity index (χ1n) is 22.1. The quantitative estimate of drug-likeness (QED) is 0.0205. The molecule has 0 N–H and O–H groups in total. The molecule has 0 aliphatic carbocycles. The molecule has 0 spiro atoms. The summed E-state index contributed by atoms with van der Waals surface area (Å²) >= 11 is 0. The Hall–Kier alpha value is -3.41. The summed E-state index contributed by atoms with van der Waals surface area (Å²) in [5.41, 5.74) is 0. The molecule has 0 amide bonds. The molecule has 0 bridgehead atoms. The molecule has 0 rings (SSSR count). The molecule has 1 unspecified atom stereocenters. The van der Waals surface area contributed by atoms with Crippen LogP contribution in [-0.4, -0.2) is 37.2 Å². The highest BCUT2D eigenvalue weighted by Crippen LogP contribution is 2.11. The monoisotopic (exact) mass is 765 g/mol. The SMILES string of the molecule is CC/C=C\C/C=C\C/C=C\CC(=O)OCC(COC(=O)CCCCCCC\C=C/C=C\C=C/CCCCCCC)OC(=O)CCCCCC/C=C\CCCC. The van der Waals surface area contributed by atoms with Crippen molar-refractivity contribution in [2.24, 2.45) is 0 Å². The van der Waals surface area contributed by atoms with Crippen LogP contribution in [0.5, 0.6) is 0 Å². The number of ether oxygens (including phenoxy) is 3. The Bertz CT molecular complexity index is 1110. The molecule has 0 aromatic heterocycles. The van der Waals surface area contributed by atoms with E-state index in [-0.39, 0.29) is 31.6 Å². The van der Waals surface area contributed by atoms with Gasteiger partial charge in [-0.05, 0) is 77.0 Å². The molecule has 0 saturated heterocycles. The van der Waals surface area contributed by atoms with Crippen molar-refractivity contribution < 1.29 is 28.6 Å². The Morgan fingerprint density at radius 3 is 1.45 bits per heavy atom. The molecule has 0 saturated carbocycles. The molecule has 1 atom stereocenters. The van der Waals surface area contributed by atoms with Crippen molar-refractivity contribution >= 4 is 17.9 Å². The van der Waals surface area contributed by atoms with Gasteiger partial charge in [-0.1, -0.05) is 176 Å². The predicted octanol–water partition coefficient (Wildman–Crippen LogP) is 14.1. The molecule has 55 heavy (non-hydrogen) atoms. The molecule has 0 aliphatic heterocycles. The second kappa shape index (κ2) is 43.3. The largest absolute Gasteiger partial charge is 0.462 e. The zero-order valence-electron chi connectivity index (χ0n) is 35.4. The second-order valence-corrected chi connectivity index (χ2v) is 14.3. The van der Waals surface area contributed by atoms with E-state index < -0.39 is 12.1 Å². The van der Waals surface area contributed by atoms with Crippen LogP contribution in [0.3, 0.4) is 0 Å². The summed E-state index contributed by atoms with van der Waals surface area (Å²) in [5.74, 6) is -1.09. The summed E-state index contributed by atoms with van der Waals surface area (Å²) in [6, 6.07) is 0. The van der Waals surface area contributed by atoms with Gasteiger partial charge in [0.1, 0.15) is 13.2 Å². The van der Waals surface area contributed by atoms with E-state index in [9.17, 15) is 14.4 Å². The van der Waals surface area contributed by atoms with Gasteiger partial charge in [-0.2, -0.15) is 0 Å². The Morgan fingerprint density at radius 2 is 0.873 bits per heavy atom. The molecular weight excluding hydrogens is 685 g/mol. The zero-order valence-corrected chi connectivity index (χ0v) is 35.4. The van der Waals surface area contributed by atoms with Crippen molar-refractivity contribution in [2.75, 3.05) is 13.2 Å². The van der Waals surface area contributed by atoms with Crippen LogP contribution >= 0.6 is 0 Å². The van der Waals surface area contributed by atoms with Crippen molar-refractivity contribution in [3.05, 3.63) is 85.1 Å².